The molecular formula is C18H16N2O4S. The number of thioether (sulfide) groups is 1. The average molecular weight is 356 g/mol. The van der Waals surface area contributed by atoms with E-state index >= 15 is 0 Å². The average Bonchev–Trinajstić information content (AvgIpc) is 3.02. The summed E-state index contributed by atoms with van der Waals surface area (Å²) in [6.07, 6.45) is 0. The molecule has 0 spiro atoms. The minimum absolute atomic E-state index is 0.132. The minimum atomic E-state index is -0.472. The summed E-state index contributed by atoms with van der Waals surface area (Å²) in [5, 5.41) is 8.37. The second-order valence-electron chi connectivity index (χ2n) is 5.34. The third-order valence-corrected chi connectivity index (χ3v) is 4.30. The molecule has 0 saturated heterocycles. The van der Waals surface area contributed by atoms with Crippen LogP contribution in [0.15, 0.2) is 57.9 Å². The van der Waals surface area contributed by atoms with Crippen LogP contribution in [0.1, 0.15) is 5.69 Å². The normalized spacial score (nSPS) is 10.6. The van der Waals surface area contributed by atoms with E-state index in [1.54, 1.807) is 13.0 Å². The fourth-order valence-corrected chi connectivity index (χ4v) is 2.93. The Labute approximate surface area is 148 Å². The predicted molar refractivity (Wildman–Crippen MR) is 95.5 cm³/mol. The predicted octanol–water partition coefficient (Wildman–Crippen LogP) is 3.41. The molecule has 0 aliphatic rings. The van der Waals surface area contributed by atoms with Gasteiger partial charge in [0.15, 0.2) is 6.61 Å². The Morgan fingerprint density at radius 2 is 1.96 bits per heavy atom. The molecule has 0 bridgehead atoms. The molecule has 0 radical (unpaired) electrons. The van der Waals surface area contributed by atoms with E-state index < -0.39 is 11.9 Å². The summed E-state index contributed by atoms with van der Waals surface area (Å²) in [6.45, 7) is 1.38. The van der Waals surface area contributed by atoms with Crippen LogP contribution in [-0.4, -0.2) is 29.4 Å². The highest BCUT2D eigenvalue weighted by Gasteiger charge is 2.10. The first kappa shape index (κ1) is 17.0. The number of aryl methyl sites for hydroxylation is 1. The lowest BCUT2D eigenvalue weighted by Gasteiger charge is -2.05. The van der Waals surface area contributed by atoms with Crippen molar-refractivity contribution in [3.05, 3.63) is 54.2 Å². The Balaban J connectivity index is 1.44. The molecular weight excluding hydrogens is 340 g/mol. The van der Waals surface area contributed by atoms with Crippen LogP contribution in [0.4, 0.5) is 5.88 Å². The molecule has 1 amide bonds. The van der Waals surface area contributed by atoms with E-state index in [-0.39, 0.29) is 18.2 Å². The van der Waals surface area contributed by atoms with Crippen LogP contribution in [0.2, 0.25) is 0 Å². The highest BCUT2D eigenvalue weighted by atomic mass is 32.2. The molecule has 0 unspecified atom stereocenters. The molecule has 6 nitrogen and oxygen atoms in total. The third kappa shape index (κ3) is 4.84. The van der Waals surface area contributed by atoms with Crippen molar-refractivity contribution < 1.29 is 18.8 Å². The SMILES string of the molecule is Cc1cc(NC(=O)COC(=O)CSc2ccc3ccccc3c2)on1. The van der Waals surface area contributed by atoms with E-state index in [2.05, 4.69) is 10.5 Å². The number of carbonyl (C=O) groups excluding carboxylic acids is 2. The summed E-state index contributed by atoms with van der Waals surface area (Å²) in [7, 11) is 0. The smallest absolute Gasteiger partial charge is 0.316 e. The van der Waals surface area contributed by atoms with E-state index in [1.165, 1.54) is 11.8 Å². The monoisotopic (exact) mass is 356 g/mol. The van der Waals surface area contributed by atoms with E-state index in [0.717, 1.165) is 15.7 Å². The summed E-state index contributed by atoms with van der Waals surface area (Å²) in [4.78, 5) is 24.4. The summed E-state index contributed by atoms with van der Waals surface area (Å²) in [6, 6.07) is 15.6. The quantitative estimate of drug-likeness (QED) is 0.538. The van der Waals surface area contributed by atoms with E-state index in [9.17, 15) is 9.59 Å². The van der Waals surface area contributed by atoms with Gasteiger partial charge >= 0.3 is 5.97 Å². The van der Waals surface area contributed by atoms with Crippen LogP contribution in [0.5, 0.6) is 0 Å². The van der Waals surface area contributed by atoms with Gasteiger partial charge in [-0.2, -0.15) is 0 Å². The second kappa shape index (κ2) is 7.85. The Morgan fingerprint density at radius 1 is 1.16 bits per heavy atom. The standard InChI is InChI=1S/C18H16N2O4S/c1-12-8-17(24-20-12)19-16(21)10-23-18(22)11-25-15-7-6-13-4-2-3-5-14(13)9-15/h2-9H,10-11H2,1H3,(H,19,21). The Morgan fingerprint density at radius 3 is 2.72 bits per heavy atom. The van der Waals surface area contributed by atoms with Crippen molar-refractivity contribution in [2.75, 3.05) is 17.7 Å². The van der Waals surface area contributed by atoms with Crippen LogP contribution < -0.4 is 5.32 Å². The third-order valence-electron chi connectivity index (χ3n) is 3.33. The van der Waals surface area contributed by atoms with Crippen molar-refractivity contribution >= 4 is 40.3 Å². The van der Waals surface area contributed by atoms with Gasteiger partial charge in [-0.1, -0.05) is 35.5 Å². The van der Waals surface area contributed by atoms with Gasteiger partial charge in [0.2, 0.25) is 5.88 Å². The molecule has 3 aromatic rings. The second-order valence-corrected chi connectivity index (χ2v) is 6.39. The Hall–Kier alpha value is -2.80. The first-order valence-electron chi connectivity index (χ1n) is 7.60. The number of hydrogen-bond acceptors (Lipinski definition) is 6. The molecule has 0 saturated carbocycles. The first-order chi connectivity index (χ1) is 12.1. The number of aromatic nitrogens is 1. The van der Waals surface area contributed by atoms with Gasteiger partial charge in [-0.3, -0.25) is 14.9 Å². The fraction of sp³-hybridized carbons (Fsp3) is 0.167. The van der Waals surface area contributed by atoms with Gasteiger partial charge in [0.05, 0.1) is 11.4 Å². The van der Waals surface area contributed by atoms with Crippen molar-refractivity contribution in [1.29, 1.82) is 0 Å². The van der Waals surface area contributed by atoms with Crippen molar-refractivity contribution in [1.82, 2.24) is 5.16 Å². The van der Waals surface area contributed by atoms with Gasteiger partial charge < -0.3 is 9.26 Å². The summed E-state index contributed by atoms with van der Waals surface area (Å²) >= 11 is 1.37. The highest BCUT2D eigenvalue weighted by molar-refractivity contribution is 8.00. The van der Waals surface area contributed by atoms with E-state index in [1.807, 2.05) is 42.5 Å². The lowest BCUT2D eigenvalue weighted by atomic mass is 10.1. The van der Waals surface area contributed by atoms with Crippen molar-refractivity contribution in [2.45, 2.75) is 11.8 Å². The molecule has 1 heterocycles. The summed E-state index contributed by atoms with van der Waals surface area (Å²) in [5.74, 6) is -0.570. The maximum Gasteiger partial charge on any atom is 0.316 e. The van der Waals surface area contributed by atoms with Crippen LogP contribution in [0, 0.1) is 6.92 Å². The molecule has 1 N–H and O–H groups in total. The number of rotatable bonds is 6. The highest BCUT2D eigenvalue weighted by Crippen LogP contribution is 2.23. The fourth-order valence-electron chi connectivity index (χ4n) is 2.18. The topological polar surface area (TPSA) is 81.4 Å². The van der Waals surface area contributed by atoms with Crippen molar-refractivity contribution in [3.63, 3.8) is 0 Å². The molecule has 0 fully saturated rings. The molecule has 0 atom stereocenters. The molecule has 25 heavy (non-hydrogen) atoms. The number of ether oxygens (including phenoxy) is 1. The number of fused-ring (bicyclic) bond motifs is 1. The number of carbonyl (C=O) groups is 2. The van der Waals surface area contributed by atoms with Gasteiger partial charge in [-0.25, -0.2) is 0 Å². The molecule has 128 valence electrons. The van der Waals surface area contributed by atoms with Gasteiger partial charge in [-0.15, -0.1) is 11.8 Å². The number of amides is 1. The van der Waals surface area contributed by atoms with E-state index in [0.29, 0.717) is 5.69 Å². The van der Waals surface area contributed by atoms with Crippen LogP contribution in [0.25, 0.3) is 10.8 Å². The zero-order chi connectivity index (χ0) is 17.6. The molecule has 7 heteroatoms. The van der Waals surface area contributed by atoms with Gasteiger partial charge in [0, 0.05) is 11.0 Å². The molecule has 0 aliphatic carbocycles. The van der Waals surface area contributed by atoms with Gasteiger partial charge in [0.1, 0.15) is 0 Å². The van der Waals surface area contributed by atoms with Gasteiger partial charge in [-0.05, 0) is 29.8 Å². The Kier molecular flexibility index (Phi) is 5.35. The summed E-state index contributed by atoms with van der Waals surface area (Å²) < 4.78 is 9.81. The Bertz CT molecular complexity index is 907. The molecule has 2 aromatic carbocycles. The van der Waals surface area contributed by atoms with Crippen LogP contribution >= 0.6 is 11.8 Å². The molecule has 1 aromatic heterocycles. The first-order valence-corrected chi connectivity index (χ1v) is 8.59. The lowest BCUT2D eigenvalue weighted by molar-refractivity contribution is -0.144. The number of hydrogen-bond donors (Lipinski definition) is 1. The number of nitrogens with one attached hydrogen (secondary N) is 1. The minimum Gasteiger partial charge on any atom is -0.455 e. The maximum absolute atomic E-state index is 11.8. The van der Waals surface area contributed by atoms with Crippen molar-refractivity contribution in [3.8, 4) is 0 Å². The zero-order valence-electron chi connectivity index (χ0n) is 13.5. The van der Waals surface area contributed by atoms with Crippen LogP contribution in [-0.2, 0) is 14.3 Å². The summed E-state index contributed by atoms with van der Waals surface area (Å²) in [5.41, 5.74) is 0.652. The number of nitrogens with zero attached hydrogens (tertiary/aromatic N) is 1. The van der Waals surface area contributed by atoms with Crippen LogP contribution in [0.3, 0.4) is 0 Å². The van der Waals surface area contributed by atoms with E-state index in [4.69, 9.17) is 9.26 Å². The zero-order valence-corrected chi connectivity index (χ0v) is 14.3. The molecule has 0 aliphatic heterocycles. The lowest BCUT2D eigenvalue weighted by Crippen LogP contribution is -2.21. The maximum atomic E-state index is 11.8. The number of esters is 1. The molecule has 3 rings (SSSR count). The van der Waals surface area contributed by atoms with Crippen molar-refractivity contribution in [2.24, 2.45) is 0 Å². The number of anilines is 1. The number of benzene rings is 2. The van der Waals surface area contributed by atoms with Gasteiger partial charge in [0.25, 0.3) is 5.91 Å². The largest absolute Gasteiger partial charge is 0.455 e.